The van der Waals surface area contributed by atoms with Crippen molar-refractivity contribution in [3.05, 3.63) is 107 Å². The first-order chi connectivity index (χ1) is 20.6. The number of esters is 2. The number of hydrogen-bond donors (Lipinski definition) is 0. The van der Waals surface area contributed by atoms with Crippen molar-refractivity contribution in [3.8, 4) is 33.8 Å². The summed E-state index contributed by atoms with van der Waals surface area (Å²) in [5.74, 6) is -2.90. The fourth-order valence-electron chi connectivity index (χ4n) is 4.54. The molecule has 0 heterocycles. The van der Waals surface area contributed by atoms with Crippen molar-refractivity contribution in [3.63, 3.8) is 0 Å². The van der Waals surface area contributed by atoms with E-state index in [0.29, 0.717) is 35.1 Å². The maximum absolute atomic E-state index is 14.6. The van der Waals surface area contributed by atoms with Gasteiger partial charge in [-0.05, 0) is 85.3 Å². The SMILES string of the molecule is Cc1ccc(-c2ccc(OC(=O)CCCCCCCC(=O)Oc3ccc(-c4ccc(C)c(F)c4)c(F)c3)cc2F)cc1F. The van der Waals surface area contributed by atoms with Gasteiger partial charge < -0.3 is 9.47 Å². The molecule has 0 aliphatic heterocycles. The van der Waals surface area contributed by atoms with E-state index >= 15 is 0 Å². The molecule has 4 aromatic carbocycles. The van der Waals surface area contributed by atoms with Crippen molar-refractivity contribution in [2.75, 3.05) is 0 Å². The van der Waals surface area contributed by atoms with Crippen LogP contribution in [0.1, 0.15) is 56.1 Å². The van der Waals surface area contributed by atoms with Gasteiger partial charge in [-0.15, -0.1) is 0 Å². The van der Waals surface area contributed by atoms with Crippen molar-refractivity contribution >= 4 is 11.9 Å². The number of halogens is 4. The van der Waals surface area contributed by atoms with Gasteiger partial charge in [0.2, 0.25) is 0 Å². The standard InChI is InChI=1S/C35H32F4O4/c1-22-10-12-24(18-30(22)36)28-16-14-26(20-32(28)38)42-34(40)8-6-4-3-5-7-9-35(41)43-27-15-17-29(33(39)21-27)25-13-11-23(2)31(37)19-25/h10-21H,3-9H2,1-2H3. The Balaban J connectivity index is 1.12. The van der Waals surface area contributed by atoms with Crippen LogP contribution in [0.4, 0.5) is 17.6 Å². The zero-order chi connectivity index (χ0) is 30.9. The lowest BCUT2D eigenvalue weighted by Gasteiger charge is -2.09. The van der Waals surface area contributed by atoms with Gasteiger partial charge in [-0.1, -0.05) is 43.5 Å². The molecular weight excluding hydrogens is 560 g/mol. The molecule has 4 nitrogen and oxygen atoms in total. The zero-order valence-corrected chi connectivity index (χ0v) is 24.0. The van der Waals surface area contributed by atoms with Crippen LogP contribution in [0.25, 0.3) is 22.3 Å². The van der Waals surface area contributed by atoms with E-state index in [4.69, 9.17) is 9.47 Å². The van der Waals surface area contributed by atoms with Crippen LogP contribution in [0, 0.1) is 37.1 Å². The van der Waals surface area contributed by atoms with E-state index in [0.717, 1.165) is 31.4 Å². The Labute approximate surface area is 248 Å². The Morgan fingerprint density at radius 3 is 1.28 bits per heavy atom. The van der Waals surface area contributed by atoms with E-state index in [1.54, 1.807) is 38.1 Å². The molecule has 0 saturated heterocycles. The third-order valence-electron chi connectivity index (χ3n) is 7.07. The Kier molecular flexibility index (Phi) is 10.7. The molecule has 0 unspecified atom stereocenters. The highest BCUT2D eigenvalue weighted by Gasteiger charge is 2.13. The number of carbonyl (C=O) groups is 2. The van der Waals surface area contributed by atoms with Crippen LogP contribution in [-0.4, -0.2) is 11.9 Å². The molecule has 224 valence electrons. The second kappa shape index (κ2) is 14.6. The maximum atomic E-state index is 14.6. The van der Waals surface area contributed by atoms with E-state index in [-0.39, 0.29) is 35.5 Å². The normalized spacial score (nSPS) is 10.9. The van der Waals surface area contributed by atoms with E-state index in [1.807, 2.05) is 0 Å². The van der Waals surface area contributed by atoms with Gasteiger partial charge in [-0.3, -0.25) is 9.59 Å². The number of benzene rings is 4. The molecular formula is C35H32F4O4. The molecule has 43 heavy (non-hydrogen) atoms. The summed E-state index contributed by atoms with van der Waals surface area (Å²) in [6.45, 7) is 3.25. The summed E-state index contributed by atoms with van der Waals surface area (Å²) in [6.07, 6.45) is 3.72. The van der Waals surface area contributed by atoms with Gasteiger partial charge in [-0.2, -0.15) is 0 Å². The van der Waals surface area contributed by atoms with Crippen molar-refractivity contribution in [1.29, 1.82) is 0 Å². The fraction of sp³-hybridized carbons (Fsp3) is 0.257. The minimum atomic E-state index is -0.617. The third-order valence-corrected chi connectivity index (χ3v) is 7.07. The average molecular weight is 593 g/mol. The summed E-state index contributed by atoms with van der Waals surface area (Å²) in [6, 6.07) is 17.0. The fourth-order valence-corrected chi connectivity index (χ4v) is 4.54. The Hall–Kier alpha value is -4.46. The second-order valence-electron chi connectivity index (χ2n) is 10.4. The quantitative estimate of drug-likeness (QED) is 0.0712. The molecule has 0 saturated carbocycles. The molecule has 0 aromatic heterocycles. The minimum Gasteiger partial charge on any atom is -0.426 e. The van der Waals surface area contributed by atoms with Crippen LogP contribution in [0.2, 0.25) is 0 Å². The number of hydrogen-bond acceptors (Lipinski definition) is 4. The minimum absolute atomic E-state index is 0.0795. The van der Waals surface area contributed by atoms with Crippen molar-refractivity contribution in [2.24, 2.45) is 0 Å². The average Bonchev–Trinajstić information content (AvgIpc) is 2.96. The van der Waals surface area contributed by atoms with Crippen LogP contribution >= 0.6 is 0 Å². The highest BCUT2D eigenvalue weighted by Crippen LogP contribution is 2.29. The molecule has 8 heteroatoms. The molecule has 0 aliphatic carbocycles. The molecule has 0 N–H and O–H groups in total. The summed E-state index contributed by atoms with van der Waals surface area (Å²) < 4.78 is 67.3. The van der Waals surface area contributed by atoms with E-state index in [2.05, 4.69) is 0 Å². The summed E-state index contributed by atoms with van der Waals surface area (Å²) >= 11 is 0. The largest absolute Gasteiger partial charge is 0.426 e. The zero-order valence-electron chi connectivity index (χ0n) is 24.0. The van der Waals surface area contributed by atoms with E-state index < -0.39 is 35.2 Å². The predicted octanol–water partition coefficient (Wildman–Crippen LogP) is 9.44. The van der Waals surface area contributed by atoms with E-state index in [9.17, 15) is 27.2 Å². The van der Waals surface area contributed by atoms with Gasteiger partial charge in [0.1, 0.15) is 34.8 Å². The lowest BCUT2D eigenvalue weighted by Crippen LogP contribution is -2.08. The van der Waals surface area contributed by atoms with E-state index in [1.165, 1.54) is 36.4 Å². The van der Waals surface area contributed by atoms with Gasteiger partial charge in [0.15, 0.2) is 0 Å². The first-order valence-electron chi connectivity index (χ1n) is 14.1. The first kappa shape index (κ1) is 31.5. The summed E-state index contributed by atoms with van der Waals surface area (Å²) in [4.78, 5) is 24.3. The molecule has 0 aliphatic rings. The Morgan fingerprint density at radius 1 is 0.512 bits per heavy atom. The molecule has 4 aromatic rings. The summed E-state index contributed by atoms with van der Waals surface area (Å²) in [5.41, 5.74) is 2.14. The van der Waals surface area contributed by atoms with Gasteiger partial charge in [0.25, 0.3) is 0 Å². The van der Waals surface area contributed by atoms with Crippen molar-refractivity contribution in [2.45, 2.75) is 58.8 Å². The molecule has 0 fully saturated rings. The Bertz CT molecular complexity index is 1500. The molecule has 0 spiro atoms. The maximum Gasteiger partial charge on any atom is 0.311 e. The van der Waals surface area contributed by atoms with Gasteiger partial charge >= 0.3 is 11.9 Å². The predicted molar refractivity (Wildman–Crippen MR) is 157 cm³/mol. The van der Waals surface area contributed by atoms with Gasteiger partial charge in [-0.25, -0.2) is 17.6 Å². The van der Waals surface area contributed by atoms with Crippen LogP contribution in [0.5, 0.6) is 11.5 Å². The summed E-state index contributed by atoms with van der Waals surface area (Å²) in [7, 11) is 0. The number of ether oxygens (including phenoxy) is 2. The highest BCUT2D eigenvalue weighted by molar-refractivity contribution is 5.74. The lowest BCUT2D eigenvalue weighted by atomic mass is 10.0. The number of carbonyl (C=O) groups excluding carboxylic acids is 2. The van der Waals surface area contributed by atoms with Crippen LogP contribution < -0.4 is 9.47 Å². The van der Waals surface area contributed by atoms with Crippen molar-refractivity contribution < 1.29 is 36.6 Å². The number of rotatable bonds is 12. The van der Waals surface area contributed by atoms with Crippen LogP contribution in [0.15, 0.2) is 72.8 Å². The monoisotopic (exact) mass is 592 g/mol. The molecule has 0 amide bonds. The molecule has 0 atom stereocenters. The van der Waals surface area contributed by atoms with Crippen LogP contribution in [0.3, 0.4) is 0 Å². The first-order valence-corrected chi connectivity index (χ1v) is 14.1. The number of aryl methyl sites for hydroxylation is 2. The highest BCUT2D eigenvalue weighted by atomic mass is 19.1. The molecule has 4 rings (SSSR count). The topological polar surface area (TPSA) is 52.6 Å². The smallest absolute Gasteiger partial charge is 0.311 e. The summed E-state index contributed by atoms with van der Waals surface area (Å²) in [5, 5.41) is 0. The molecule has 0 bridgehead atoms. The van der Waals surface area contributed by atoms with Crippen LogP contribution in [-0.2, 0) is 9.59 Å². The lowest BCUT2D eigenvalue weighted by molar-refractivity contribution is -0.135. The number of unbranched alkanes of at least 4 members (excludes halogenated alkanes) is 4. The second-order valence-corrected chi connectivity index (χ2v) is 10.4. The third kappa shape index (κ3) is 8.77. The van der Waals surface area contributed by atoms with Gasteiger partial charge in [0.05, 0.1) is 0 Å². The molecule has 0 radical (unpaired) electrons. The van der Waals surface area contributed by atoms with Gasteiger partial charge in [0, 0.05) is 36.1 Å². The van der Waals surface area contributed by atoms with Crippen molar-refractivity contribution in [1.82, 2.24) is 0 Å². The Morgan fingerprint density at radius 2 is 0.907 bits per heavy atom.